The van der Waals surface area contributed by atoms with Crippen molar-refractivity contribution in [3.8, 4) is 0 Å². The summed E-state index contributed by atoms with van der Waals surface area (Å²) >= 11 is 0. The molecule has 0 bridgehead atoms. The fraction of sp³-hybridized carbons (Fsp3) is 0.526. The van der Waals surface area contributed by atoms with Crippen molar-refractivity contribution >= 4 is 5.65 Å². The minimum atomic E-state index is 0.230. The summed E-state index contributed by atoms with van der Waals surface area (Å²) in [6.45, 7) is 4.84. The maximum absolute atomic E-state index is 5.68. The van der Waals surface area contributed by atoms with Crippen LogP contribution in [0.5, 0.6) is 0 Å². The van der Waals surface area contributed by atoms with Gasteiger partial charge in [-0.05, 0) is 31.9 Å². The number of aryl methyl sites for hydroxylation is 2. The standard InChI is InChI=1S/C19H24N6O/c1-13-5-3-6-17-20-14(11-25(13)17)10-23-12-15(26-2)9-16(23)19-22-21-18-7-4-8-24(18)19/h3,5-6,11,15-16H,4,7-10,12H2,1-2H3/t15-,16+/m1/s1. The number of hydrogen-bond acceptors (Lipinski definition) is 5. The lowest BCUT2D eigenvalue weighted by Crippen LogP contribution is -2.26. The minimum absolute atomic E-state index is 0.230. The predicted octanol–water partition coefficient (Wildman–Crippen LogP) is 2.14. The zero-order chi connectivity index (χ0) is 17.7. The maximum atomic E-state index is 5.68. The second-order valence-electron chi connectivity index (χ2n) is 7.40. The number of likely N-dealkylation sites (tertiary alicyclic amines) is 1. The number of fused-ring (bicyclic) bond motifs is 2. The number of pyridine rings is 1. The van der Waals surface area contributed by atoms with Crippen molar-refractivity contribution < 1.29 is 4.74 Å². The Kier molecular flexibility index (Phi) is 3.79. The van der Waals surface area contributed by atoms with Crippen LogP contribution in [0.25, 0.3) is 5.65 Å². The number of ether oxygens (including phenoxy) is 1. The number of nitrogens with zero attached hydrogens (tertiary/aromatic N) is 6. The van der Waals surface area contributed by atoms with Gasteiger partial charge in [0.05, 0.1) is 17.8 Å². The molecule has 0 aliphatic carbocycles. The minimum Gasteiger partial charge on any atom is -0.380 e. The van der Waals surface area contributed by atoms with Crippen LogP contribution in [0.3, 0.4) is 0 Å². The van der Waals surface area contributed by atoms with Crippen molar-refractivity contribution in [1.29, 1.82) is 0 Å². The van der Waals surface area contributed by atoms with Gasteiger partial charge < -0.3 is 13.7 Å². The molecule has 136 valence electrons. The summed E-state index contributed by atoms with van der Waals surface area (Å²) in [5, 5.41) is 8.93. The zero-order valence-electron chi connectivity index (χ0n) is 15.3. The second kappa shape index (κ2) is 6.17. The molecule has 0 unspecified atom stereocenters. The van der Waals surface area contributed by atoms with Gasteiger partial charge in [-0.1, -0.05) is 6.07 Å². The van der Waals surface area contributed by atoms with E-state index in [-0.39, 0.29) is 12.1 Å². The van der Waals surface area contributed by atoms with E-state index in [1.165, 1.54) is 12.1 Å². The van der Waals surface area contributed by atoms with E-state index < -0.39 is 0 Å². The molecule has 7 heteroatoms. The Hall–Kier alpha value is -2.25. The van der Waals surface area contributed by atoms with Gasteiger partial charge in [0.15, 0.2) is 5.82 Å². The van der Waals surface area contributed by atoms with Crippen molar-refractivity contribution in [2.24, 2.45) is 0 Å². The van der Waals surface area contributed by atoms with Crippen molar-refractivity contribution in [3.05, 3.63) is 47.4 Å². The molecule has 1 fully saturated rings. The summed E-state index contributed by atoms with van der Waals surface area (Å²) < 4.78 is 10.1. The molecule has 2 atom stereocenters. The molecule has 5 rings (SSSR count). The van der Waals surface area contributed by atoms with Gasteiger partial charge in [-0.15, -0.1) is 10.2 Å². The highest BCUT2D eigenvalue weighted by Crippen LogP contribution is 2.35. The van der Waals surface area contributed by atoms with Crippen LogP contribution in [-0.4, -0.2) is 48.8 Å². The first-order chi connectivity index (χ1) is 12.7. The molecule has 1 saturated heterocycles. The average molecular weight is 352 g/mol. The third kappa shape index (κ3) is 2.54. The van der Waals surface area contributed by atoms with E-state index in [1.54, 1.807) is 7.11 Å². The van der Waals surface area contributed by atoms with Crippen molar-refractivity contribution in [2.45, 2.75) is 51.4 Å². The van der Waals surface area contributed by atoms with Crippen molar-refractivity contribution in [3.63, 3.8) is 0 Å². The predicted molar refractivity (Wildman–Crippen MR) is 96.8 cm³/mol. The van der Waals surface area contributed by atoms with Crippen LogP contribution in [0.2, 0.25) is 0 Å². The third-order valence-electron chi connectivity index (χ3n) is 5.75. The molecule has 0 N–H and O–H groups in total. The van der Waals surface area contributed by atoms with Crippen LogP contribution < -0.4 is 0 Å². The smallest absolute Gasteiger partial charge is 0.150 e. The van der Waals surface area contributed by atoms with E-state index in [4.69, 9.17) is 9.72 Å². The molecule has 26 heavy (non-hydrogen) atoms. The molecule has 3 aromatic rings. The third-order valence-corrected chi connectivity index (χ3v) is 5.75. The van der Waals surface area contributed by atoms with Gasteiger partial charge in [0.2, 0.25) is 0 Å². The topological polar surface area (TPSA) is 60.5 Å². The van der Waals surface area contributed by atoms with Crippen LogP contribution in [0.15, 0.2) is 24.4 Å². The monoisotopic (exact) mass is 352 g/mol. The van der Waals surface area contributed by atoms with E-state index in [0.29, 0.717) is 0 Å². The van der Waals surface area contributed by atoms with Gasteiger partial charge in [-0.3, -0.25) is 4.90 Å². The molecule has 0 spiro atoms. The molecule has 2 aliphatic heterocycles. The number of imidazole rings is 1. The zero-order valence-corrected chi connectivity index (χ0v) is 15.3. The van der Waals surface area contributed by atoms with E-state index in [0.717, 1.165) is 55.5 Å². The number of aromatic nitrogens is 5. The van der Waals surface area contributed by atoms with E-state index in [9.17, 15) is 0 Å². The Morgan fingerprint density at radius 2 is 2.19 bits per heavy atom. The molecule has 0 saturated carbocycles. The number of methoxy groups -OCH3 is 1. The van der Waals surface area contributed by atoms with E-state index >= 15 is 0 Å². The normalized spacial score (nSPS) is 23.2. The lowest BCUT2D eigenvalue weighted by molar-refractivity contribution is 0.107. The molecule has 7 nitrogen and oxygen atoms in total. The van der Waals surface area contributed by atoms with E-state index in [1.807, 2.05) is 0 Å². The Bertz CT molecular complexity index is 945. The summed E-state index contributed by atoms with van der Waals surface area (Å²) in [5.41, 5.74) is 3.29. The first kappa shape index (κ1) is 16.0. The SMILES string of the molecule is CO[C@@H]1C[C@@H](c2nnc3n2CCC3)N(Cc2cn3c(C)cccc3n2)C1. The molecule has 2 aliphatic rings. The first-order valence-corrected chi connectivity index (χ1v) is 9.35. The fourth-order valence-corrected chi connectivity index (χ4v) is 4.38. The van der Waals surface area contributed by atoms with Gasteiger partial charge >= 0.3 is 0 Å². The molecule has 3 aromatic heterocycles. The van der Waals surface area contributed by atoms with Crippen molar-refractivity contribution in [1.82, 2.24) is 29.0 Å². The van der Waals surface area contributed by atoms with Gasteiger partial charge in [-0.25, -0.2) is 4.98 Å². The highest BCUT2D eigenvalue weighted by molar-refractivity contribution is 5.41. The maximum Gasteiger partial charge on any atom is 0.150 e. The lowest BCUT2D eigenvalue weighted by atomic mass is 10.2. The average Bonchev–Trinajstić information content (AvgIpc) is 3.37. The highest BCUT2D eigenvalue weighted by atomic mass is 16.5. The number of rotatable bonds is 4. The summed E-state index contributed by atoms with van der Waals surface area (Å²) in [4.78, 5) is 7.26. The molecule has 0 aromatic carbocycles. The van der Waals surface area contributed by atoms with Crippen molar-refractivity contribution in [2.75, 3.05) is 13.7 Å². The summed E-state index contributed by atoms with van der Waals surface area (Å²) in [6, 6.07) is 6.46. The van der Waals surface area contributed by atoms with Gasteiger partial charge in [0, 0.05) is 45.1 Å². The summed E-state index contributed by atoms with van der Waals surface area (Å²) in [7, 11) is 1.80. The Morgan fingerprint density at radius 1 is 1.27 bits per heavy atom. The second-order valence-corrected chi connectivity index (χ2v) is 7.40. The largest absolute Gasteiger partial charge is 0.380 e. The van der Waals surface area contributed by atoms with E-state index in [2.05, 4.69) is 55.4 Å². The molecular weight excluding hydrogens is 328 g/mol. The Balaban J connectivity index is 1.46. The van der Waals surface area contributed by atoms with Gasteiger partial charge in [0.1, 0.15) is 11.5 Å². The van der Waals surface area contributed by atoms with Crippen LogP contribution in [-0.2, 0) is 24.2 Å². The van der Waals surface area contributed by atoms with Crippen LogP contribution in [0, 0.1) is 6.92 Å². The summed E-state index contributed by atoms with van der Waals surface area (Å²) in [5.74, 6) is 2.22. The lowest BCUT2D eigenvalue weighted by Gasteiger charge is -2.22. The molecule has 0 radical (unpaired) electrons. The Labute approximate surface area is 152 Å². The Morgan fingerprint density at radius 3 is 3.04 bits per heavy atom. The molecular formula is C19H24N6O. The highest BCUT2D eigenvalue weighted by Gasteiger charge is 2.37. The van der Waals surface area contributed by atoms with Crippen LogP contribution >= 0.6 is 0 Å². The van der Waals surface area contributed by atoms with Gasteiger partial charge in [0.25, 0.3) is 0 Å². The molecule has 5 heterocycles. The summed E-state index contributed by atoms with van der Waals surface area (Å²) in [6.07, 6.45) is 5.55. The van der Waals surface area contributed by atoms with Crippen LogP contribution in [0.4, 0.5) is 0 Å². The van der Waals surface area contributed by atoms with Gasteiger partial charge in [-0.2, -0.15) is 0 Å². The fourth-order valence-electron chi connectivity index (χ4n) is 4.38. The number of hydrogen-bond donors (Lipinski definition) is 0. The van der Waals surface area contributed by atoms with Crippen LogP contribution in [0.1, 0.15) is 41.9 Å². The quantitative estimate of drug-likeness (QED) is 0.720. The molecule has 0 amide bonds. The first-order valence-electron chi connectivity index (χ1n) is 9.35.